The van der Waals surface area contributed by atoms with Gasteiger partial charge in [-0.1, -0.05) is 19.1 Å². The zero-order chi connectivity index (χ0) is 11.9. The molecule has 3 heteroatoms. The largest absolute Gasteiger partial charge is 0.381 e. The van der Waals surface area contributed by atoms with Gasteiger partial charge in [-0.25, -0.2) is 0 Å². The SMILES string of the molecule is CCSc1ccccc1NC1CCCOCC1. The molecule has 1 atom stereocenters. The van der Waals surface area contributed by atoms with E-state index < -0.39 is 0 Å². The highest BCUT2D eigenvalue weighted by Gasteiger charge is 2.13. The Bertz CT molecular complexity index is 335. The van der Waals surface area contributed by atoms with Gasteiger partial charge in [-0.3, -0.25) is 0 Å². The first-order valence-corrected chi connectivity index (χ1v) is 7.45. The van der Waals surface area contributed by atoms with E-state index in [1.165, 1.54) is 23.4 Å². The summed E-state index contributed by atoms with van der Waals surface area (Å²) in [6.07, 6.45) is 3.50. The topological polar surface area (TPSA) is 21.3 Å². The van der Waals surface area contributed by atoms with Crippen molar-refractivity contribution in [3.05, 3.63) is 24.3 Å². The minimum Gasteiger partial charge on any atom is -0.381 e. The summed E-state index contributed by atoms with van der Waals surface area (Å²) in [5, 5.41) is 3.67. The third-order valence-electron chi connectivity index (χ3n) is 3.00. The van der Waals surface area contributed by atoms with Crippen LogP contribution in [0.3, 0.4) is 0 Å². The molecular formula is C14H21NOS. The molecule has 0 bridgehead atoms. The molecule has 94 valence electrons. The van der Waals surface area contributed by atoms with Crippen LogP contribution in [0.25, 0.3) is 0 Å². The fraction of sp³-hybridized carbons (Fsp3) is 0.571. The molecule has 1 aliphatic heterocycles. The molecule has 2 nitrogen and oxygen atoms in total. The molecule has 1 saturated heterocycles. The molecule has 1 aliphatic rings. The van der Waals surface area contributed by atoms with E-state index >= 15 is 0 Å². The van der Waals surface area contributed by atoms with Crippen LogP contribution >= 0.6 is 11.8 Å². The van der Waals surface area contributed by atoms with Crippen molar-refractivity contribution in [2.75, 3.05) is 24.3 Å². The zero-order valence-corrected chi connectivity index (χ0v) is 11.3. The summed E-state index contributed by atoms with van der Waals surface area (Å²) in [4.78, 5) is 1.36. The van der Waals surface area contributed by atoms with Crippen molar-refractivity contribution in [2.24, 2.45) is 0 Å². The second-order valence-electron chi connectivity index (χ2n) is 4.31. The van der Waals surface area contributed by atoms with E-state index in [4.69, 9.17) is 4.74 Å². The smallest absolute Gasteiger partial charge is 0.0485 e. The van der Waals surface area contributed by atoms with E-state index in [1.54, 1.807) is 0 Å². The number of anilines is 1. The first-order chi connectivity index (χ1) is 8.40. The maximum atomic E-state index is 5.49. The van der Waals surface area contributed by atoms with E-state index in [2.05, 4.69) is 36.5 Å². The van der Waals surface area contributed by atoms with Gasteiger partial charge in [0.15, 0.2) is 0 Å². The highest BCUT2D eigenvalue weighted by Crippen LogP contribution is 2.28. The Hall–Kier alpha value is -0.670. The lowest BCUT2D eigenvalue weighted by atomic mass is 10.1. The van der Waals surface area contributed by atoms with Gasteiger partial charge in [0.1, 0.15) is 0 Å². The highest BCUT2D eigenvalue weighted by atomic mass is 32.2. The fourth-order valence-corrected chi connectivity index (χ4v) is 2.90. The second kappa shape index (κ2) is 6.92. The second-order valence-corrected chi connectivity index (χ2v) is 5.62. The van der Waals surface area contributed by atoms with Crippen molar-refractivity contribution >= 4 is 17.4 Å². The molecule has 0 amide bonds. The molecular weight excluding hydrogens is 230 g/mol. The Morgan fingerprint density at radius 2 is 2.18 bits per heavy atom. The minimum absolute atomic E-state index is 0.566. The van der Waals surface area contributed by atoms with Crippen LogP contribution in [0.15, 0.2) is 29.2 Å². The molecule has 17 heavy (non-hydrogen) atoms. The van der Waals surface area contributed by atoms with E-state index in [9.17, 15) is 0 Å². The van der Waals surface area contributed by atoms with Crippen LogP contribution in [0.4, 0.5) is 5.69 Å². The number of nitrogens with one attached hydrogen (secondary N) is 1. The van der Waals surface area contributed by atoms with Crippen LogP contribution in [0, 0.1) is 0 Å². The van der Waals surface area contributed by atoms with E-state index in [0.29, 0.717) is 6.04 Å². The summed E-state index contributed by atoms with van der Waals surface area (Å²) in [7, 11) is 0. The van der Waals surface area contributed by atoms with E-state index in [-0.39, 0.29) is 0 Å². The minimum atomic E-state index is 0.566. The van der Waals surface area contributed by atoms with Crippen molar-refractivity contribution in [1.82, 2.24) is 0 Å². The van der Waals surface area contributed by atoms with Gasteiger partial charge in [0, 0.05) is 29.8 Å². The summed E-state index contributed by atoms with van der Waals surface area (Å²) in [6, 6.07) is 9.17. The monoisotopic (exact) mass is 251 g/mol. The van der Waals surface area contributed by atoms with Gasteiger partial charge in [-0.05, 0) is 37.1 Å². The predicted octanol–water partition coefficient (Wildman–Crippen LogP) is 3.78. The Balaban J connectivity index is 2.00. The van der Waals surface area contributed by atoms with Crippen molar-refractivity contribution in [1.29, 1.82) is 0 Å². The van der Waals surface area contributed by atoms with Gasteiger partial charge in [0.05, 0.1) is 0 Å². The number of hydrogen-bond acceptors (Lipinski definition) is 3. The van der Waals surface area contributed by atoms with Gasteiger partial charge in [0.25, 0.3) is 0 Å². The molecule has 2 rings (SSSR count). The van der Waals surface area contributed by atoms with Crippen LogP contribution in [0.1, 0.15) is 26.2 Å². The van der Waals surface area contributed by atoms with Gasteiger partial charge in [-0.15, -0.1) is 11.8 Å². The molecule has 0 aliphatic carbocycles. The summed E-state index contributed by atoms with van der Waals surface area (Å²) in [5.41, 5.74) is 1.28. The maximum absolute atomic E-state index is 5.49. The number of para-hydroxylation sites is 1. The molecule has 0 saturated carbocycles. The van der Waals surface area contributed by atoms with Gasteiger partial charge >= 0.3 is 0 Å². The standard InChI is InChI=1S/C14H21NOS/c1-2-17-14-8-4-3-7-13(14)15-12-6-5-10-16-11-9-12/h3-4,7-8,12,15H,2,5-6,9-11H2,1H3. The molecule has 0 radical (unpaired) electrons. The van der Waals surface area contributed by atoms with Gasteiger partial charge in [0.2, 0.25) is 0 Å². The average molecular weight is 251 g/mol. The fourth-order valence-electron chi connectivity index (χ4n) is 2.14. The van der Waals surface area contributed by atoms with Crippen LogP contribution in [0.5, 0.6) is 0 Å². The number of thioether (sulfide) groups is 1. The van der Waals surface area contributed by atoms with Crippen LogP contribution in [0.2, 0.25) is 0 Å². The van der Waals surface area contributed by atoms with Crippen LogP contribution in [-0.2, 0) is 4.74 Å². The Kier molecular flexibility index (Phi) is 5.20. The molecule has 1 aromatic carbocycles. The normalized spacial score (nSPS) is 20.9. The lowest BCUT2D eigenvalue weighted by molar-refractivity contribution is 0.144. The van der Waals surface area contributed by atoms with Crippen molar-refractivity contribution in [2.45, 2.75) is 37.1 Å². The Morgan fingerprint density at radius 3 is 3.06 bits per heavy atom. The predicted molar refractivity (Wildman–Crippen MR) is 74.9 cm³/mol. The summed E-state index contributed by atoms with van der Waals surface area (Å²) in [5.74, 6) is 1.12. The number of hydrogen-bond donors (Lipinski definition) is 1. The Labute approximate surface area is 108 Å². The van der Waals surface area contributed by atoms with Crippen molar-refractivity contribution in [3.63, 3.8) is 0 Å². The molecule has 0 spiro atoms. The third-order valence-corrected chi connectivity index (χ3v) is 3.95. The summed E-state index contributed by atoms with van der Waals surface area (Å²) in [6.45, 7) is 4.01. The first kappa shape index (κ1) is 12.8. The lowest BCUT2D eigenvalue weighted by Crippen LogP contribution is -2.19. The molecule has 1 aromatic rings. The average Bonchev–Trinajstić information content (AvgIpc) is 2.61. The van der Waals surface area contributed by atoms with Crippen molar-refractivity contribution < 1.29 is 4.74 Å². The van der Waals surface area contributed by atoms with E-state index in [1.807, 2.05) is 11.8 Å². The lowest BCUT2D eigenvalue weighted by Gasteiger charge is -2.19. The maximum Gasteiger partial charge on any atom is 0.0485 e. The first-order valence-electron chi connectivity index (χ1n) is 6.46. The highest BCUT2D eigenvalue weighted by molar-refractivity contribution is 7.99. The van der Waals surface area contributed by atoms with Crippen molar-refractivity contribution in [3.8, 4) is 0 Å². The number of rotatable bonds is 4. The van der Waals surface area contributed by atoms with Crippen LogP contribution in [-0.4, -0.2) is 25.0 Å². The molecule has 1 heterocycles. The van der Waals surface area contributed by atoms with Gasteiger partial charge < -0.3 is 10.1 Å². The van der Waals surface area contributed by atoms with Gasteiger partial charge in [-0.2, -0.15) is 0 Å². The molecule has 1 N–H and O–H groups in total. The summed E-state index contributed by atoms with van der Waals surface area (Å²) >= 11 is 1.90. The molecule has 1 fully saturated rings. The third kappa shape index (κ3) is 3.93. The Morgan fingerprint density at radius 1 is 1.29 bits per heavy atom. The summed E-state index contributed by atoms with van der Waals surface area (Å²) < 4.78 is 5.49. The number of benzene rings is 1. The van der Waals surface area contributed by atoms with E-state index in [0.717, 1.165) is 25.4 Å². The molecule has 0 aromatic heterocycles. The zero-order valence-electron chi connectivity index (χ0n) is 10.4. The van der Waals surface area contributed by atoms with Crippen LogP contribution < -0.4 is 5.32 Å². The molecule has 1 unspecified atom stereocenters. The number of ether oxygens (including phenoxy) is 1. The quantitative estimate of drug-likeness (QED) is 0.823.